The van der Waals surface area contributed by atoms with Crippen LogP contribution < -0.4 is 5.32 Å². The number of aryl methyl sites for hydroxylation is 1. The molecule has 2 aromatic rings. The van der Waals surface area contributed by atoms with Crippen LogP contribution in [0.1, 0.15) is 36.1 Å². The lowest BCUT2D eigenvalue weighted by Crippen LogP contribution is -2.23. The summed E-state index contributed by atoms with van der Waals surface area (Å²) in [5.41, 5.74) is 3.91. The first-order chi connectivity index (χ1) is 8.33. The van der Waals surface area contributed by atoms with E-state index in [4.69, 9.17) is 0 Å². The number of hydrogen-bond donors (Lipinski definition) is 1. The Morgan fingerprint density at radius 2 is 2.29 bits per heavy atom. The fourth-order valence-electron chi connectivity index (χ4n) is 1.94. The SMILES string of the molecule is CCCNC(c1ccsc1)c1ccncc1C. The number of thiophene rings is 1. The molecular formula is C14H18N2S. The van der Waals surface area contributed by atoms with Crippen molar-refractivity contribution >= 4 is 11.3 Å². The highest BCUT2D eigenvalue weighted by Gasteiger charge is 2.15. The Balaban J connectivity index is 2.30. The van der Waals surface area contributed by atoms with E-state index in [-0.39, 0.29) is 0 Å². The van der Waals surface area contributed by atoms with Crippen molar-refractivity contribution in [2.24, 2.45) is 0 Å². The van der Waals surface area contributed by atoms with Gasteiger partial charge in [0.1, 0.15) is 0 Å². The number of aromatic nitrogens is 1. The topological polar surface area (TPSA) is 24.9 Å². The molecule has 0 fully saturated rings. The van der Waals surface area contributed by atoms with E-state index in [1.165, 1.54) is 16.7 Å². The fourth-order valence-corrected chi connectivity index (χ4v) is 2.63. The van der Waals surface area contributed by atoms with E-state index >= 15 is 0 Å². The Hall–Kier alpha value is -1.19. The van der Waals surface area contributed by atoms with E-state index in [9.17, 15) is 0 Å². The summed E-state index contributed by atoms with van der Waals surface area (Å²) in [4.78, 5) is 4.16. The second kappa shape index (κ2) is 5.94. The third-order valence-corrected chi connectivity index (χ3v) is 3.55. The maximum Gasteiger partial charge on any atom is 0.0588 e. The highest BCUT2D eigenvalue weighted by atomic mass is 32.1. The summed E-state index contributed by atoms with van der Waals surface area (Å²) in [5, 5.41) is 7.95. The Bertz CT molecular complexity index is 451. The Kier molecular flexibility index (Phi) is 4.29. The van der Waals surface area contributed by atoms with E-state index in [0.717, 1.165) is 13.0 Å². The van der Waals surface area contributed by atoms with Gasteiger partial charge in [-0.25, -0.2) is 0 Å². The van der Waals surface area contributed by atoms with E-state index in [1.54, 1.807) is 11.3 Å². The normalized spacial score (nSPS) is 12.6. The van der Waals surface area contributed by atoms with Crippen molar-refractivity contribution in [1.82, 2.24) is 10.3 Å². The van der Waals surface area contributed by atoms with Crippen LogP contribution in [0.5, 0.6) is 0 Å². The van der Waals surface area contributed by atoms with Crippen molar-refractivity contribution in [2.45, 2.75) is 26.3 Å². The molecule has 0 amide bonds. The van der Waals surface area contributed by atoms with Gasteiger partial charge in [-0.1, -0.05) is 6.92 Å². The number of rotatable bonds is 5. The maximum atomic E-state index is 4.16. The highest BCUT2D eigenvalue weighted by molar-refractivity contribution is 7.08. The molecule has 0 bridgehead atoms. The molecule has 2 nitrogen and oxygen atoms in total. The van der Waals surface area contributed by atoms with Crippen molar-refractivity contribution in [3.05, 3.63) is 52.0 Å². The van der Waals surface area contributed by atoms with Crippen LogP contribution in [0.15, 0.2) is 35.3 Å². The monoisotopic (exact) mass is 246 g/mol. The molecular weight excluding hydrogens is 228 g/mol. The second-order valence-electron chi connectivity index (χ2n) is 4.18. The molecule has 2 aromatic heterocycles. The van der Waals surface area contributed by atoms with Crippen molar-refractivity contribution in [3.8, 4) is 0 Å². The van der Waals surface area contributed by atoms with Crippen LogP contribution in [0.4, 0.5) is 0 Å². The largest absolute Gasteiger partial charge is 0.306 e. The molecule has 0 radical (unpaired) electrons. The van der Waals surface area contributed by atoms with Crippen LogP contribution in [-0.4, -0.2) is 11.5 Å². The summed E-state index contributed by atoms with van der Waals surface area (Å²) in [6.45, 7) is 5.34. The molecule has 0 aliphatic heterocycles. The van der Waals surface area contributed by atoms with Crippen molar-refractivity contribution in [2.75, 3.05) is 6.54 Å². The molecule has 0 saturated heterocycles. The second-order valence-corrected chi connectivity index (χ2v) is 4.96. The van der Waals surface area contributed by atoms with Gasteiger partial charge in [0.25, 0.3) is 0 Å². The predicted molar refractivity (Wildman–Crippen MR) is 73.4 cm³/mol. The zero-order valence-electron chi connectivity index (χ0n) is 10.3. The minimum atomic E-state index is 0.296. The standard InChI is InChI=1S/C14H18N2S/c1-3-6-16-14(12-5-8-17-10-12)13-4-7-15-9-11(13)2/h4-5,7-10,14,16H,3,6H2,1-2H3. The molecule has 0 aromatic carbocycles. The highest BCUT2D eigenvalue weighted by Crippen LogP contribution is 2.25. The third kappa shape index (κ3) is 2.93. The number of pyridine rings is 1. The summed E-state index contributed by atoms with van der Waals surface area (Å²) < 4.78 is 0. The van der Waals surface area contributed by atoms with E-state index in [2.05, 4.69) is 47.0 Å². The predicted octanol–water partition coefficient (Wildman–Crippen LogP) is 3.54. The van der Waals surface area contributed by atoms with Crippen molar-refractivity contribution in [1.29, 1.82) is 0 Å². The molecule has 90 valence electrons. The van der Waals surface area contributed by atoms with Crippen LogP contribution >= 0.6 is 11.3 Å². The summed E-state index contributed by atoms with van der Waals surface area (Å²) in [6, 6.07) is 4.60. The molecule has 0 spiro atoms. The lowest BCUT2D eigenvalue weighted by molar-refractivity contribution is 0.597. The van der Waals surface area contributed by atoms with Crippen molar-refractivity contribution < 1.29 is 0 Å². The zero-order chi connectivity index (χ0) is 12.1. The van der Waals surface area contributed by atoms with Gasteiger partial charge in [0.15, 0.2) is 0 Å². The van der Waals surface area contributed by atoms with Gasteiger partial charge in [-0.2, -0.15) is 11.3 Å². The smallest absolute Gasteiger partial charge is 0.0588 e. The number of nitrogens with zero attached hydrogens (tertiary/aromatic N) is 1. The summed E-state index contributed by atoms with van der Waals surface area (Å²) in [5.74, 6) is 0. The van der Waals surface area contributed by atoms with Gasteiger partial charge in [-0.15, -0.1) is 0 Å². The molecule has 0 saturated carbocycles. The van der Waals surface area contributed by atoms with Crippen LogP contribution in [0.3, 0.4) is 0 Å². The first-order valence-electron chi connectivity index (χ1n) is 5.99. The van der Waals surface area contributed by atoms with Gasteiger partial charge in [0.2, 0.25) is 0 Å². The maximum absolute atomic E-state index is 4.16. The minimum absolute atomic E-state index is 0.296. The van der Waals surface area contributed by atoms with E-state index in [1.807, 2.05) is 12.4 Å². The van der Waals surface area contributed by atoms with Crippen LogP contribution in [0.2, 0.25) is 0 Å². The molecule has 2 rings (SSSR count). The Labute approximate surface area is 107 Å². The van der Waals surface area contributed by atoms with Crippen molar-refractivity contribution in [3.63, 3.8) is 0 Å². The molecule has 1 atom stereocenters. The van der Waals surface area contributed by atoms with Gasteiger partial charge >= 0.3 is 0 Å². The average Bonchev–Trinajstić information content (AvgIpc) is 2.85. The van der Waals surface area contributed by atoms with Gasteiger partial charge in [-0.3, -0.25) is 4.98 Å². The molecule has 0 aliphatic carbocycles. The average molecular weight is 246 g/mol. The van der Waals surface area contributed by atoms with E-state index in [0.29, 0.717) is 6.04 Å². The number of hydrogen-bond acceptors (Lipinski definition) is 3. The van der Waals surface area contributed by atoms with Crippen LogP contribution in [0.25, 0.3) is 0 Å². The van der Waals surface area contributed by atoms with E-state index < -0.39 is 0 Å². The molecule has 2 heterocycles. The quantitative estimate of drug-likeness (QED) is 0.873. The molecule has 0 aliphatic rings. The minimum Gasteiger partial charge on any atom is -0.306 e. The molecule has 1 unspecified atom stereocenters. The number of nitrogens with one attached hydrogen (secondary N) is 1. The molecule has 1 N–H and O–H groups in total. The van der Waals surface area contributed by atoms with Crippen LogP contribution in [-0.2, 0) is 0 Å². The molecule has 3 heteroatoms. The third-order valence-electron chi connectivity index (χ3n) is 2.85. The summed E-state index contributed by atoms with van der Waals surface area (Å²) in [6.07, 6.45) is 4.95. The lowest BCUT2D eigenvalue weighted by atomic mass is 9.98. The molecule has 17 heavy (non-hydrogen) atoms. The van der Waals surface area contributed by atoms with Crippen LogP contribution in [0, 0.1) is 6.92 Å². The zero-order valence-corrected chi connectivity index (χ0v) is 11.1. The first-order valence-corrected chi connectivity index (χ1v) is 6.93. The van der Waals surface area contributed by atoms with Gasteiger partial charge in [0, 0.05) is 12.4 Å². The summed E-state index contributed by atoms with van der Waals surface area (Å²) >= 11 is 1.75. The fraction of sp³-hybridized carbons (Fsp3) is 0.357. The van der Waals surface area contributed by atoms with Gasteiger partial charge < -0.3 is 5.32 Å². The van der Waals surface area contributed by atoms with Gasteiger partial charge in [0.05, 0.1) is 6.04 Å². The Morgan fingerprint density at radius 1 is 1.41 bits per heavy atom. The first kappa shape index (κ1) is 12.3. The Morgan fingerprint density at radius 3 is 2.94 bits per heavy atom. The van der Waals surface area contributed by atoms with Gasteiger partial charge in [-0.05, 0) is 59.5 Å². The lowest BCUT2D eigenvalue weighted by Gasteiger charge is -2.19. The summed E-state index contributed by atoms with van der Waals surface area (Å²) in [7, 11) is 0.